The predicted octanol–water partition coefficient (Wildman–Crippen LogP) is 0.132. The molecule has 0 radical (unpaired) electrons. The molecule has 1 heterocycles. The zero-order valence-electron chi connectivity index (χ0n) is 8.81. The Morgan fingerprint density at radius 1 is 1.50 bits per heavy atom. The van der Waals surface area contributed by atoms with Crippen molar-refractivity contribution in [2.24, 2.45) is 11.1 Å². The molecule has 0 bridgehead atoms. The summed E-state index contributed by atoms with van der Waals surface area (Å²) in [4.78, 5) is 26.9. The van der Waals surface area contributed by atoms with E-state index in [9.17, 15) is 9.59 Å². The Bertz CT molecular complexity index is 336. The molecule has 0 spiro atoms. The molecule has 2 aliphatic rings. The van der Waals surface area contributed by atoms with Crippen LogP contribution in [0.25, 0.3) is 0 Å². The highest BCUT2D eigenvalue weighted by Gasteiger charge is 2.31. The third-order valence-corrected chi connectivity index (χ3v) is 3.00. The summed E-state index contributed by atoms with van der Waals surface area (Å²) in [7, 11) is 0. The van der Waals surface area contributed by atoms with Crippen LogP contribution in [0, 0.1) is 5.92 Å². The summed E-state index contributed by atoms with van der Waals surface area (Å²) in [5.41, 5.74) is -0.0937. The van der Waals surface area contributed by atoms with Crippen LogP contribution in [-0.4, -0.2) is 35.3 Å². The van der Waals surface area contributed by atoms with E-state index in [0.29, 0.717) is 12.5 Å². The van der Waals surface area contributed by atoms with Crippen LogP contribution in [0.2, 0.25) is 0 Å². The number of carboxylic acids is 1. The molecule has 16 heavy (non-hydrogen) atoms. The first-order valence-electron chi connectivity index (χ1n) is 5.40. The zero-order chi connectivity index (χ0) is 11.5. The molecule has 1 aliphatic heterocycles. The number of nitrogens with one attached hydrogen (secondary N) is 1. The van der Waals surface area contributed by atoms with Crippen LogP contribution in [0.4, 0.5) is 0 Å². The van der Waals surface area contributed by atoms with E-state index >= 15 is 0 Å². The number of oxime groups is 1. The van der Waals surface area contributed by atoms with Crippen LogP contribution in [0.15, 0.2) is 5.16 Å². The molecule has 2 rings (SSSR count). The quantitative estimate of drug-likeness (QED) is 0.713. The van der Waals surface area contributed by atoms with Gasteiger partial charge in [-0.25, -0.2) is 4.79 Å². The average molecular weight is 226 g/mol. The lowest BCUT2D eigenvalue weighted by molar-refractivity contribution is -0.131. The fourth-order valence-corrected chi connectivity index (χ4v) is 1.70. The summed E-state index contributed by atoms with van der Waals surface area (Å²) in [6, 6.07) is 0. The van der Waals surface area contributed by atoms with E-state index in [1.165, 1.54) is 6.42 Å². The maximum absolute atomic E-state index is 11.6. The van der Waals surface area contributed by atoms with Gasteiger partial charge in [-0.2, -0.15) is 0 Å². The van der Waals surface area contributed by atoms with Crippen LogP contribution in [0.1, 0.15) is 25.7 Å². The van der Waals surface area contributed by atoms with Gasteiger partial charge in [0.2, 0.25) is 6.10 Å². The van der Waals surface area contributed by atoms with Gasteiger partial charge in [0.1, 0.15) is 0 Å². The first-order chi connectivity index (χ1) is 7.66. The third kappa shape index (κ3) is 2.32. The van der Waals surface area contributed by atoms with Crippen molar-refractivity contribution >= 4 is 17.6 Å². The lowest BCUT2D eigenvalue weighted by Crippen LogP contribution is -2.39. The number of nitrogens with zero attached hydrogens (tertiary/aromatic N) is 1. The number of carbonyl (C=O) groups is 2. The molecule has 0 aromatic carbocycles. The molecule has 1 aliphatic carbocycles. The molecule has 2 N–H and O–H groups in total. The van der Waals surface area contributed by atoms with E-state index < -0.39 is 12.1 Å². The minimum Gasteiger partial charge on any atom is -0.477 e. The summed E-state index contributed by atoms with van der Waals surface area (Å²) >= 11 is 0. The van der Waals surface area contributed by atoms with Gasteiger partial charge >= 0.3 is 5.97 Å². The SMILES string of the molecule is O=C(O)C1=NOC(C(=O)NCC2CCC2)C1. The minimum atomic E-state index is -1.13. The summed E-state index contributed by atoms with van der Waals surface area (Å²) in [6.45, 7) is 0.654. The molecular formula is C10H14N2O4. The molecule has 1 saturated carbocycles. The van der Waals surface area contributed by atoms with E-state index in [1.807, 2.05) is 0 Å². The van der Waals surface area contributed by atoms with Gasteiger partial charge < -0.3 is 15.3 Å². The number of aliphatic carboxylic acids is 1. The molecule has 1 atom stereocenters. The second-order valence-corrected chi connectivity index (χ2v) is 4.18. The number of carboxylic acid groups (broad SMARTS) is 1. The lowest BCUT2D eigenvalue weighted by Gasteiger charge is -2.25. The van der Waals surface area contributed by atoms with Gasteiger partial charge in [-0.15, -0.1) is 0 Å². The van der Waals surface area contributed by atoms with Crippen LogP contribution >= 0.6 is 0 Å². The van der Waals surface area contributed by atoms with Crippen LogP contribution in [0.3, 0.4) is 0 Å². The maximum atomic E-state index is 11.6. The van der Waals surface area contributed by atoms with Crippen molar-refractivity contribution in [1.29, 1.82) is 0 Å². The summed E-state index contributed by atoms with van der Waals surface area (Å²) in [5, 5.41) is 14.7. The third-order valence-electron chi connectivity index (χ3n) is 3.00. The van der Waals surface area contributed by atoms with Crippen molar-refractivity contribution in [1.82, 2.24) is 5.32 Å². The number of amides is 1. The summed E-state index contributed by atoms with van der Waals surface area (Å²) in [6.07, 6.45) is 2.82. The van der Waals surface area contributed by atoms with Crippen LogP contribution in [0.5, 0.6) is 0 Å². The van der Waals surface area contributed by atoms with E-state index in [4.69, 9.17) is 9.94 Å². The molecule has 6 heteroatoms. The summed E-state index contributed by atoms with van der Waals surface area (Å²) < 4.78 is 0. The van der Waals surface area contributed by atoms with E-state index in [-0.39, 0.29) is 18.0 Å². The van der Waals surface area contributed by atoms with Gasteiger partial charge in [0, 0.05) is 13.0 Å². The van der Waals surface area contributed by atoms with Gasteiger partial charge in [0.05, 0.1) is 0 Å². The lowest BCUT2D eigenvalue weighted by atomic mass is 9.85. The summed E-state index contributed by atoms with van der Waals surface area (Å²) in [5.74, 6) is -0.827. The van der Waals surface area contributed by atoms with Gasteiger partial charge in [-0.05, 0) is 18.8 Å². The monoisotopic (exact) mass is 226 g/mol. The number of hydrogen-bond donors (Lipinski definition) is 2. The molecular weight excluding hydrogens is 212 g/mol. The van der Waals surface area contributed by atoms with Crippen molar-refractivity contribution in [2.75, 3.05) is 6.54 Å². The second kappa shape index (κ2) is 4.51. The molecule has 0 aromatic rings. The number of carbonyl (C=O) groups excluding carboxylic acids is 1. The van der Waals surface area contributed by atoms with Crippen molar-refractivity contribution in [3.05, 3.63) is 0 Å². The fraction of sp³-hybridized carbons (Fsp3) is 0.700. The van der Waals surface area contributed by atoms with Gasteiger partial charge in [-0.1, -0.05) is 11.6 Å². The Morgan fingerprint density at radius 3 is 2.75 bits per heavy atom. The normalized spacial score (nSPS) is 24.2. The molecule has 1 amide bonds. The van der Waals surface area contributed by atoms with E-state index in [2.05, 4.69) is 10.5 Å². The topological polar surface area (TPSA) is 88.0 Å². The standard InChI is InChI=1S/C10H14N2O4/c13-9(11-5-6-2-1-3-6)8-4-7(10(14)15)12-16-8/h6,8H,1-5H2,(H,11,13)(H,14,15). The highest BCUT2D eigenvalue weighted by molar-refractivity contribution is 6.36. The Labute approximate surface area is 92.6 Å². The Morgan fingerprint density at radius 2 is 2.25 bits per heavy atom. The van der Waals surface area contributed by atoms with Gasteiger partial charge in [0.25, 0.3) is 5.91 Å². The first-order valence-corrected chi connectivity index (χ1v) is 5.40. The number of rotatable bonds is 4. The zero-order valence-corrected chi connectivity index (χ0v) is 8.81. The van der Waals surface area contributed by atoms with Crippen molar-refractivity contribution in [3.8, 4) is 0 Å². The largest absolute Gasteiger partial charge is 0.477 e. The minimum absolute atomic E-state index is 0.0475. The second-order valence-electron chi connectivity index (χ2n) is 4.18. The number of hydrogen-bond acceptors (Lipinski definition) is 4. The van der Waals surface area contributed by atoms with Gasteiger partial charge in [0.15, 0.2) is 5.71 Å². The van der Waals surface area contributed by atoms with Crippen LogP contribution < -0.4 is 5.32 Å². The Hall–Kier alpha value is -1.59. The highest BCUT2D eigenvalue weighted by atomic mass is 16.6. The fourth-order valence-electron chi connectivity index (χ4n) is 1.70. The Kier molecular flexibility index (Phi) is 3.07. The smallest absolute Gasteiger partial charge is 0.353 e. The van der Waals surface area contributed by atoms with E-state index in [0.717, 1.165) is 12.8 Å². The first kappa shape index (κ1) is 10.9. The van der Waals surface area contributed by atoms with Gasteiger partial charge in [-0.3, -0.25) is 4.79 Å². The van der Waals surface area contributed by atoms with Crippen molar-refractivity contribution < 1.29 is 19.5 Å². The molecule has 1 fully saturated rings. The van der Waals surface area contributed by atoms with Crippen LogP contribution in [-0.2, 0) is 14.4 Å². The van der Waals surface area contributed by atoms with Crippen molar-refractivity contribution in [2.45, 2.75) is 31.8 Å². The molecule has 0 aromatic heterocycles. The molecule has 1 unspecified atom stereocenters. The molecule has 6 nitrogen and oxygen atoms in total. The highest BCUT2D eigenvalue weighted by Crippen LogP contribution is 2.25. The molecule has 88 valence electrons. The Balaban J connectivity index is 1.72. The van der Waals surface area contributed by atoms with E-state index in [1.54, 1.807) is 0 Å². The average Bonchev–Trinajstić information content (AvgIpc) is 2.63. The predicted molar refractivity (Wildman–Crippen MR) is 54.9 cm³/mol. The maximum Gasteiger partial charge on any atom is 0.353 e. The molecule has 0 saturated heterocycles. The van der Waals surface area contributed by atoms with Crippen molar-refractivity contribution in [3.63, 3.8) is 0 Å².